The molecule has 1 aromatic rings. The number of anilines is 1. The van der Waals surface area contributed by atoms with Crippen molar-refractivity contribution >= 4 is 11.9 Å². The minimum atomic E-state index is -0.384. The van der Waals surface area contributed by atoms with Gasteiger partial charge in [0.05, 0.1) is 19.8 Å². The number of aromatic nitrogens is 1. The number of nitrogens with zero attached hydrogens (tertiary/aromatic N) is 2. The highest BCUT2D eigenvalue weighted by Gasteiger charge is 2.47. The van der Waals surface area contributed by atoms with Crippen molar-refractivity contribution in [2.24, 2.45) is 5.92 Å². The summed E-state index contributed by atoms with van der Waals surface area (Å²) in [5, 5.41) is 3.40. The summed E-state index contributed by atoms with van der Waals surface area (Å²) in [7, 11) is 0. The molecular formula is C18H25N3O3. The number of nitrogens with one attached hydrogen (secondary N) is 1. The summed E-state index contributed by atoms with van der Waals surface area (Å²) in [6.07, 6.45) is 6.69. The lowest BCUT2D eigenvalue weighted by Crippen LogP contribution is -2.40. The number of amides is 1. The molecule has 0 bridgehead atoms. The van der Waals surface area contributed by atoms with Gasteiger partial charge in [-0.2, -0.15) is 0 Å². The van der Waals surface area contributed by atoms with Crippen molar-refractivity contribution in [3.63, 3.8) is 0 Å². The molecule has 130 valence electrons. The van der Waals surface area contributed by atoms with Crippen LogP contribution in [0.25, 0.3) is 0 Å². The Morgan fingerprint density at radius 2 is 2.04 bits per heavy atom. The average Bonchev–Trinajstić information content (AvgIpc) is 2.93. The summed E-state index contributed by atoms with van der Waals surface area (Å²) in [5.41, 5.74) is 0.865. The Morgan fingerprint density at radius 1 is 1.25 bits per heavy atom. The molecule has 4 rings (SSSR count). The number of carbonyl (C=O) groups excluding carboxylic acids is 1. The van der Waals surface area contributed by atoms with Crippen LogP contribution < -0.4 is 10.2 Å². The Balaban J connectivity index is 1.41. The molecular weight excluding hydrogens is 306 g/mol. The second-order valence-corrected chi connectivity index (χ2v) is 7.17. The quantitative estimate of drug-likeness (QED) is 0.919. The number of rotatable bonds is 3. The molecule has 0 saturated carbocycles. The minimum Gasteiger partial charge on any atom is -0.440 e. The monoisotopic (exact) mass is 331 g/mol. The second kappa shape index (κ2) is 6.69. The zero-order valence-corrected chi connectivity index (χ0v) is 14.0. The average molecular weight is 331 g/mol. The van der Waals surface area contributed by atoms with E-state index >= 15 is 0 Å². The zero-order chi connectivity index (χ0) is 16.4. The molecule has 0 atom stereocenters. The molecule has 3 fully saturated rings. The molecule has 3 saturated heterocycles. The first-order chi connectivity index (χ1) is 11.7. The van der Waals surface area contributed by atoms with Crippen molar-refractivity contribution in [2.75, 3.05) is 37.7 Å². The number of piperidine rings is 1. The summed E-state index contributed by atoms with van der Waals surface area (Å²) < 4.78 is 11.1. The maximum Gasteiger partial charge on any atom is 0.416 e. The molecule has 6 heteroatoms. The van der Waals surface area contributed by atoms with Gasteiger partial charge in [0.1, 0.15) is 11.4 Å². The largest absolute Gasteiger partial charge is 0.440 e. The van der Waals surface area contributed by atoms with E-state index in [1.807, 2.05) is 12.3 Å². The van der Waals surface area contributed by atoms with E-state index in [-0.39, 0.29) is 11.7 Å². The van der Waals surface area contributed by atoms with Crippen LogP contribution in [0.3, 0.4) is 0 Å². The number of hydrogen-bond donors (Lipinski definition) is 1. The highest BCUT2D eigenvalue weighted by Crippen LogP contribution is 2.34. The summed E-state index contributed by atoms with van der Waals surface area (Å²) in [4.78, 5) is 18.5. The third-order valence-electron chi connectivity index (χ3n) is 5.44. The van der Waals surface area contributed by atoms with E-state index in [2.05, 4.69) is 16.4 Å². The lowest BCUT2D eigenvalue weighted by molar-refractivity contribution is -0.0431. The van der Waals surface area contributed by atoms with Gasteiger partial charge in [-0.25, -0.2) is 9.78 Å². The molecule has 0 unspecified atom stereocenters. The number of ether oxygens (including phenoxy) is 2. The van der Waals surface area contributed by atoms with Gasteiger partial charge in [-0.3, -0.25) is 4.90 Å². The third kappa shape index (κ3) is 3.26. The molecule has 3 aliphatic heterocycles. The smallest absolute Gasteiger partial charge is 0.416 e. The summed E-state index contributed by atoms with van der Waals surface area (Å²) in [6, 6.07) is 4.06. The Kier molecular flexibility index (Phi) is 4.41. The summed E-state index contributed by atoms with van der Waals surface area (Å²) in [6.45, 7) is 4.12. The first-order valence-electron chi connectivity index (χ1n) is 8.98. The van der Waals surface area contributed by atoms with Gasteiger partial charge in [0.25, 0.3) is 0 Å². The van der Waals surface area contributed by atoms with Crippen LogP contribution in [0.1, 0.15) is 31.2 Å². The van der Waals surface area contributed by atoms with Gasteiger partial charge in [0.15, 0.2) is 0 Å². The van der Waals surface area contributed by atoms with E-state index < -0.39 is 0 Å². The van der Waals surface area contributed by atoms with Gasteiger partial charge in [-0.1, -0.05) is 6.07 Å². The van der Waals surface area contributed by atoms with Crippen molar-refractivity contribution in [3.05, 3.63) is 23.9 Å². The van der Waals surface area contributed by atoms with Crippen molar-refractivity contribution in [3.8, 4) is 0 Å². The van der Waals surface area contributed by atoms with E-state index in [9.17, 15) is 4.79 Å². The fourth-order valence-electron chi connectivity index (χ4n) is 3.92. The summed E-state index contributed by atoms with van der Waals surface area (Å²) >= 11 is 0. The number of carbonyl (C=O) groups is 1. The SMILES string of the molecule is O=C1OC2(CCOCC2)CN1c1ccc(CC2CCNCC2)cn1. The van der Waals surface area contributed by atoms with E-state index in [4.69, 9.17) is 9.47 Å². The van der Waals surface area contributed by atoms with E-state index in [0.717, 1.165) is 38.3 Å². The molecule has 1 aromatic heterocycles. The maximum atomic E-state index is 12.3. The van der Waals surface area contributed by atoms with Gasteiger partial charge in [0, 0.05) is 19.0 Å². The van der Waals surface area contributed by atoms with Crippen LogP contribution in [-0.2, 0) is 15.9 Å². The standard InChI is InChI=1S/C18H25N3O3/c22-17-21(13-18(24-17)5-9-23-10-6-18)16-2-1-15(12-20-16)11-14-3-7-19-8-4-14/h1-2,12,14,19H,3-11,13H2. The van der Waals surface area contributed by atoms with Crippen LogP contribution in [0.4, 0.5) is 10.6 Å². The van der Waals surface area contributed by atoms with Crippen molar-refractivity contribution in [1.82, 2.24) is 10.3 Å². The van der Waals surface area contributed by atoms with Crippen LogP contribution in [0, 0.1) is 5.92 Å². The second-order valence-electron chi connectivity index (χ2n) is 7.17. The lowest BCUT2D eigenvalue weighted by atomic mass is 9.91. The zero-order valence-electron chi connectivity index (χ0n) is 14.0. The fraction of sp³-hybridized carbons (Fsp3) is 0.667. The summed E-state index contributed by atoms with van der Waals surface area (Å²) in [5.74, 6) is 1.43. The van der Waals surface area contributed by atoms with Crippen LogP contribution in [0.2, 0.25) is 0 Å². The molecule has 1 N–H and O–H groups in total. The van der Waals surface area contributed by atoms with Crippen LogP contribution in [0.15, 0.2) is 18.3 Å². The topological polar surface area (TPSA) is 63.7 Å². The Bertz CT molecular complexity index is 578. The van der Waals surface area contributed by atoms with Crippen molar-refractivity contribution < 1.29 is 14.3 Å². The number of hydrogen-bond acceptors (Lipinski definition) is 5. The third-order valence-corrected chi connectivity index (χ3v) is 5.44. The van der Waals surface area contributed by atoms with Gasteiger partial charge >= 0.3 is 6.09 Å². The molecule has 0 radical (unpaired) electrons. The van der Waals surface area contributed by atoms with E-state index in [1.54, 1.807) is 4.90 Å². The molecule has 1 spiro atoms. The Morgan fingerprint density at radius 3 is 2.75 bits per heavy atom. The number of pyridine rings is 1. The lowest BCUT2D eigenvalue weighted by Gasteiger charge is -2.30. The maximum absolute atomic E-state index is 12.3. The van der Waals surface area contributed by atoms with Crippen LogP contribution in [-0.4, -0.2) is 49.5 Å². The highest BCUT2D eigenvalue weighted by molar-refractivity contribution is 5.89. The predicted octanol–water partition coefficient (Wildman–Crippen LogP) is 2.13. The van der Waals surface area contributed by atoms with Crippen LogP contribution >= 0.6 is 0 Å². The molecule has 0 aromatic carbocycles. The first kappa shape index (κ1) is 15.8. The van der Waals surface area contributed by atoms with Crippen molar-refractivity contribution in [1.29, 1.82) is 0 Å². The molecule has 1 amide bonds. The predicted molar refractivity (Wildman–Crippen MR) is 90.1 cm³/mol. The molecule has 0 aliphatic carbocycles. The fourth-order valence-corrected chi connectivity index (χ4v) is 3.92. The molecule has 3 aliphatic rings. The normalized spacial score (nSPS) is 24.3. The van der Waals surface area contributed by atoms with E-state index in [1.165, 1.54) is 18.4 Å². The van der Waals surface area contributed by atoms with Gasteiger partial charge in [-0.05, 0) is 49.9 Å². The highest BCUT2D eigenvalue weighted by atomic mass is 16.6. The molecule has 24 heavy (non-hydrogen) atoms. The minimum absolute atomic E-state index is 0.282. The van der Waals surface area contributed by atoms with Crippen molar-refractivity contribution in [2.45, 2.75) is 37.7 Å². The van der Waals surface area contributed by atoms with E-state index in [0.29, 0.717) is 25.6 Å². The Hall–Kier alpha value is -1.66. The van der Waals surface area contributed by atoms with Gasteiger partial charge in [-0.15, -0.1) is 0 Å². The molecule has 6 nitrogen and oxygen atoms in total. The molecule has 4 heterocycles. The Labute approximate surface area is 142 Å². The van der Waals surface area contributed by atoms with Gasteiger partial charge in [0.2, 0.25) is 0 Å². The van der Waals surface area contributed by atoms with Gasteiger partial charge < -0.3 is 14.8 Å². The van der Waals surface area contributed by atoms with Crippen LogP contribution in [0.5, 0.6) is 0 Å². The first-order valence-corrected chi connectivity index (χ1v) is 8.98.